The van der Waals surface area contributed by atoms with Crippen LogP contribution in [0.1, 0.15) is 34.1 Å². The molecule has 0 aromatic carbocycles. The highest BCUT2D eigenvalue weighted by atomic mass is 14.0. The van der Waals surface area contributed by atoms with E-state index in [4.69, 9.17) is 0 Å². The quantitative estimate of drug-likeness (QED) is 0.536. The molecule has 0 fully saturated rings. The Morgan fingerprint density at radius 1 is 1.09 bits per heavy atom. The predicted octanol–water partition coefficient (Wildman–Crippen LogP) is 3.87. The van der Waals surface area contributed by atoms with Gasteiger partial charge in [-0.2, -0.15) is 0 Å². The average Bonchev–Trinajstić information content (AvgIpc) is 2.03. The average molecular weight is 150 g/mol. The van der Waals surface area contributed by atoms with Crippen molar-refractivity contribution in [3.63, 3.8) is 0 Å². The van der Waals surface area contributed by atoms with Crippen LogP contribution < -0.4 is 0 Å². The molecular weight excluding hydrogens is 132 g/mol. The third-order valence-electron chi connectivity index (χ3n) is 1.72. The lowest BCUT2D eigenvalue weighted by Crippen LogP contribution is -1.79. The van der Waals surface area contributed by atoms with Crippen molar-refractivity contribution in [3.05, 3.63) is 35.5 Å². The summed E-state index contributed by atoms with van der Waals surface area (Å²) in [7, 11) is 0. The molecule has 0 saturated carbocycles. The molecule has 0 spiro atoms. The van der Waals surface area contributed by atoms with Gasteiger partial charge in [0.05, 0.1) is 0 Å². The second kappa shape index (κ2) is 5.96. The Bertz CT molecular complexity index is 166. The van der Waals surface area contributed by atoms with Crippen molar-refractivity contribution in [2.45, 2.75) is 34.1 Å². The number of allylic oxidation sites excluding steroid dienone is 6. The van der Waals surface area contributed by atoms with Gasteiger partial charge in [0, 0.05) is 0 Å². The normalized spacial score (nSPS) is 11.3. The highest BCUT2D eigenvalue weighted by Gasteiger charge is 1.90. The zero-order valence-electron chi connectivity index (χ0n) is 8.02. The Morgan fingerprint density at radius 3 is 1.82 bits per heavy atom. The van der Waals surface area contributed by atoms with Crippen molar-refractivity contribution < 1.29 is 0 Å². The highest BCUT2D eigenvalue weighted by Crippen LogP contribution is 2.10. The Kier molecular flexibility index (Phi) is 5.54. The van der Waals surface area contributed by atoms with Crippen molar-refractivity contribution in [2.75, 3.05) is 0 Å². The molecule has 0 aromatic heterocycles. The van der Waals surface area contributed by atoms with Gasteiger partial charge in [0.15, 0.2) is 0 Å². The Hall–Kier alpha value is -0.780. The molecule has 0 nitrogen and oxygen atoms in total. The minimum Gasteiger partial charge on any atom is -0.0871 e. The summed E-state index contributed by atoms with van der Waals surface area (Å²) in [6, 6.07) is 0. The van der Waals surface area contributed by atoms with Crippen LogP contribution in [0.2, 0.25) is 0 Å². The zero-order chi connectivity index (χ0) is 8.69. The number of hydrogen-bond donors (Lipinski definition) is 0. The smallest absolute Gasteiger partial charge is 0.0274 e. The summed E-state index contributed by atoms with van der Waals surface area (Å²) in [5.41, 5.74) is 2.79. The fourth-order valence-corrected chi connectivity index (χ4v) is 0.903. The van der Waals surface area contributed by atoms with E-state index < -0.39 is 0 Å². The van der Waals surface area contributed by atoms with Crippen molar-refractivity contribution in [1.29, 1.82) is 0 Å². The molecule has 0 unspecified atom stereocenters. The molecule has 0 aliphatic heterocycles. The topological polar surface area (TPSA) is 0 Å². The number of hydrogen-bond acceptors (Lipinski definition) is 0. The van der Waals surface area contributed by atoms with Crippen LogP contribution >= 0.6 is 0 Å². The standard InChI is InChI=1S/C11H18/c1-5-8-11(9-6-2)10(4)7-3/h5-6,8-9H,7H2,1-4H3/b8-5-,9-6-. The second-order valence-electron chi connectivity index (χ2n) is 2.59. The van der Waals surface area contributed by atoms with Crippen LogP contribution in [-0.2, 0) is 0 Å². The van der Waals surface area contributed by atoms with Gasteiger partial charge in [-0.05, 0) is 32.8 Å². The van der Waals surface area contributed by atoms with Crippen LogP contribution in [-0.4, -0.2) is 0 Å². The molecule has 62 valence electrons. The van der Waals surface area contributed by atoms with Gasteiger partial charge >= 0.3 is 0 Å². The van der Waals surface area contributed by atoms with E-state index in [0.29, 0.717) is 0 Å². The van der Waals surface area contributed by atoms with Crippen molar-refractivity contribution >= 4 is 0 Å². The molecule has 0 saturated heterocycles. The minimum atomic E-state index is 1.13. The molecule has 0 heteroatoms. The van der Waals surface area contributed by atoms with Crippen molar-refractivity contribution in [1.82, 2.24) is 0 Å². The first kappa shape index (κ1) is 10.2. The van der Waals surface area contributed by atoms with Gasteiger partial charge in [-0.25, -0.2) is 0 Å². The lowest BCUT2D eigenvalue weighted by molar-refractivity contribution is 1.08. The first-order valence-electron chi connectivity index (χ1n) is 4.21. The summed E-state index contributed by atoms with van der Waals surface area (Å²) in [4.78, 5) is 0. The van der Waals surface area contributed by atoms with E-state index in [1.807, 2.05) is 13.8 Å². The maximum Gasteiger partial charge on any atom is -0.0274 e. The van der Waals surface area contributed by atoms with Gasteiger partial charge in [0.2, 0.25) is 0 Å². The van der Waals surface area contributed by atoms with Gasteiger partial charge in [0.1, 0.15) is 0 Å². The van der Waals surface area contributed by atoms with E-state index in [1.54, 1.807) is 0 Å². The van der Waals surface area contributed by atoms with E-state index in [0.717, 1.165) is 6.42 Å². The van der Waals surface area contributed by atoms with E-state index in [1.165, 1.54) is 11.1 Å². The summed E-state index contributed by atoms with van der Waals surface area (Å²) in [6.45, 7) is 8.45. The van der Waals surface area contributed by atoms with E-state index >= 15 is 0 Å². The first-order chi connectivity index (χ1) is 5.26. The van der Waals surface area contributed by atoms with Crippen molar-refractivity contribution in [2.24, 2.45) is 0 Å². The van der Waals surface area contributed by atoms with Gasteiger partial charge in [-0.15, -0.1) is 0 Å². The Labute approximate surface area is 70.3 Å². The fourth-order valence-electron chi connectivity index (χ4n) is 0.903. The van der Waals surface area contributed by atoms with Gasteiger partial charge < -0.3 is 0 Å². The van der Waals surface area contributed by atoms with E-state index in [-0.39, 0.29) is 0 Å². The summed E-state index contributed by atoms with van der Waals surface area (Å²) >= 11 is 0. The predicted molar refractivity (Wildman–Crippen MR) is 52.6 cm³/mol. The molecule has 0 aliphatic rings. The van der Waals surface area contributed by atoms with Crippen LogP contribution in [0.15, 0.2) is 35.5 Å². The largest absolute Gasteiger partial charge is 0.0871 e. The monoisotopic (exact) mass is 150 g/mol. The molecular formula is C11H18. The van der Waals surface area contributed by atoms with Crippen molar-refractivity contribution in [3.8, 4) is 0 Å². The molecule has 11 heavy (non-hydrogen) atoms. The van der Waals surface area contributed by atoms with Crippen LogP contribution in [0.5, 0.6) is 0 Å². The molecule has 0 rings (SSSR count). The van der Waals surface area contributed by atoms with E-state index in [2.05, 4.69) is 38.2 Å². The molecule has 0 atom stereocenters. The van der Waals surface area contributed by atoms with Crippen LogP contribution in [0.4, 0.5) is 0 Å². The second-order valence-corrected chi connectivity index (χ2v) is 2.59. The third-order valence-corrected chi connectivity index (χ3v) is 1.72. The summed E-state index contributed by atoms with van der Waals surface area (Å²) in [5.74, 6) is 0. The lowest BCUT2D eigenvalue weighted by Gasteiger charge is -1.99. The molecule has 0 bridgehead atoms. The maximum absolute atomic E-state index is 2.18. The molecule has 0 N–H and O–H groups in total. The Morgan fingerprint density at radius 2 is 1.55 bits per heavy atom. The van der Waals surface area contributed by atoms with Crippen LogP contribution in [0.3, 0.4) is 0 Å². The lowest BCUT2D eigenvalue weighted by atomic mass is 10.1. The maximum atomic E-state index is 2.18. The van der Waals surface area contributed by atoms with Gasteiger partial charge in [-0.3, -0.25) is 0 Å². The molecule has 0 radical (unpaired) electrons. The molecule has 0 aromatic rings. The first-order valence-corrected chi connectivity index (χ1v) is 4.21. The third kappa shape index (κ3) is 3.82. The SMILES string of the molecule is C/C=C\C(/C=C\C)=C(C)CC. The summed E-state index contributed by atoms with van der Waals surface area (Å²) in [5, 5.41) is 0. The highest BCUT2D eigenvalue weighted by molar-refractivity contribution is 5.34. The molecule has 0 amide bonds. The van der Waals surface area contributed by atoms with Crippen LogP contribution in [0.25, 0.3) is 0 Å². The fraction of sp³-hybridized carbons (Fsp3) is 0.455. The van der Waals surface area contributed by atoms with E-state index in [9.17, 15) is 0 Å². The Balaban J connectivity index is 4.56. The summed E-state index contributed by atoms with van der Waals surface area (Å²) in [6.07, 6.45) is 9.59. The van der Waals surface area contributed by atoms with Gasteiger partial charge in [0.25, 0.3) is 0 Å². The molecule has 0 heterocycles. The zero-order valence-corrected chi connectivity index (χ0v) is 8.02. The van der Waals surface area contributed by atoms with Crippen LogP contribution in [0, 0.1) is 0 Å². The molecule has 0 aliphatic carbocycles. The summed E-state index contributed by atoms with van der Waals surface area (Å²) < 4.78 is 0. The van der Waals surface area contributed by atoms with Gasteiger partial charge in [-0.1, -0.05) is 36.8 Å². The number of rotatable bonds is 3. The minimum absolute atomic E-state index is 1.13.